The van der Waals surface area contributed by atoms with Crippen LogP contribution in [0, 0.1) is 15.9 Å². The number of amides is 2. The Balaban J connectivity index is 2.39. The number of ether oxygens (including phenoxy) is 3. The molecule has 11 heteroatoms. The number of nitrogens with zero attached hydrogens (tertiary/aromatic N) is 1. The van der Waals surface area contributed by atoms with E-state index in [9.17, 15) is 24.1 Å². The number of carbonyl (C=O) groups is 2. The molecule has 29 heavy (non-hydrogen) atoms. The first-order valence-corrected chi connectivity index (χ1v) is 8.17. The van der Waals surface area contributed by atoms with Gasteiger partial charge in [-0.15, -0.1) is 0 Å². The van der Waals surface area contributed by atoms with Crippen molar-refractivity contribution in [1.29, 1.82) is 0 Å². The van der Waals surface area contributed by atoms with Gasteiger partial charge in [0.25, 0.3) is 17.5 Å². The maximum atomic E-state index is 13.6. The van der Waals surface area contributed by atoms with Crippen molar-refractivity contribution in [2.45, 2.75) is 0 Å². The van der Waals surface area contributed by atoms with Crippen LogP contribution in [0.4, 0.5) is 15.8 Å². The fourth-order valence-corrected chi connectivity index (χ4v) is 2.38. The van der Waals surface area contributed by atoms with Crippen LogP contribution < -0.4 is 20.5 Å². The number of hydrogen-bond donors (Lipinski definition) is 2. The second kappa shape index (κ2) is 9.46. The summed E-state index contributed by atoms with van der Waals surface area (Å²) in [5, 5.41) is 13.8. The molecule has 154 valence electrons. The fraction of sp³-hybridized carbons (Fsp3) is 0.222. The average Bonchev–Trinajstić information content (AvgIpc) is 2.68. The molecule has 2 aromatic rings. The highest BCUT2D eigenvalue weighted by atomic mass is 19.1. The van der Waals surface area contributed by atoms with Gasteiger partial charge >= 0.3 is 0 Å². The predicted octanol–water partition coefficient (Wildman–Crippen LogP) is 2.12. The highest BCUT2D eigenvalue weighted by Gasteiger charge is 2.25. The van der Waals surface area contributed by atoms with Crippen LogP contribution in [0.25, 0.3) is 0 Å². The van der Waals surface area contributed by atoms with Crippen molar-refractivity contribution in [2.24, 2.45) is 5.73 Å². The summed E-state index contributed by atoms with van der Waals surface area (Å²) in [6.07, 6.45) is 0. The van der Waals surface area contributed by atoms with Gasteiger partial charge in [0.1, 0.15) is 18.0 Å². The predicted molar refractivity (Wildman–Crippen MR) is 99.9 cm³/mol. The lowest BCUT2D eigenvalue weighted by Crippen LogP contribution is -2.17. The molecule has 0 aliphatic heterocycles. The normalized spacial score (nSPS) is 10.3. The largest absolute Gasteiger partial charge is 0.493 e. The molecule has 2 amide bonds. The van der Waals surface area contributed by atoms with Crippen molar-refractivity contribution in [3.8, 4) is 11.5 Å². The molecule has 10 nitrogen and oxygen atoms in total. The standard InChI is InChI=1S/C18H18FN3O7/c1-27-5-6-29-16-9-14(22(25)26)12(8-15(16)28-2)18(24)21-10-3-4-13(19)11(7-10)17(20)23/h3-4,7-9H,5-6H2,1-2H3,(H2,20,23)(H,21,24). The number of anilines is 1. The summed E-state index contributed by atoms with van der Waals surface area (Å²) < 4.78 is 29.0. The van der Waals surface area contributed by atoms with Crippen LogP contribution in [0.3, 0.4) is 0 Å². The van der Waals surface area contributed by atoms with E-state index in [0.29, 0.717) is 0 Å². The molecule has 0 saturated carbocycles. The van der Waals surface area contributed by atoms with E-state index in [-0.39, 0.29) is 36.0 Å². The first-order chi connectivity index (χ1) is 13.8. The van der Waals surface area contributed by atoms with Crippen molar-refractivity contribution in [2.75, 3.05) is 32.8 Å². The van der Waals surface area contributed by atoms with Crippen LogP contribution in [0.5, 0.6) is 11.5 Å². The summed E-state index contributed by atoms with van der Waals surface area (Å²) in [7, 11) is 2.78. The summed E-state index contributed by atoms with van der Waals surface area (Å²) in [5.41, 5.74) is 3.81. The van der Waals surface area contributed by atoms with E-state index < -0.39 is 33.8 Å². The maximum absolute atomic E-state index is 13.6. The number of hydrogen-bond acceptors (Lipinski definition) is 7. The first-order valence-electron chi connectivity index (χ1n) is 8.17. The number of carbonyl (C=O) groups excluding carboxylic acids is 2. The molecule has 0 bridgehead atoms. The Hall–Kier alpha value is -3.73. The highest BCUT2D eigenvalue weighted by molar-refractivity contribution is 6.08. The molecule has 0 spiro atoms. The van der Waals surface area contributed by atoms with Crippen LogP contribution in [-0.2, 0) is 4.74 Å². The Kier molecular flexibility index (Phi) is 7.04. The molecule has 2 rings (SSSR count). The summed E-state index contributed by atoms with van der Waals surface area (Å²) in [6.45, 7) is 0.354. The Morgan fingerprint density at radius 2 is 1.86 bits per heavy atom. The molecular formula is C18H18FN3O7. The third-order valence-electron chi connectivity index (χ3n) is 3.76. The van der Waals surface area contributed by atoms with Gasteiger partial charge < -0.3 is 25.3 Å². The van der Waals surface area contributed by atoms with E-state index in [2.05, 4.69) is 5.32 Å². The van der Waals surface area contributed by atoms with Gasteiger partial charge in [-0.05, 0) is 18.2 Å². The molecule has 0 aliphatic rings. The summed E-state index contributed by atoms with van der Waals surface area (Å²) in [6, 6.07) is 5.36. The zero-order chi connectivity index (χ0) is 21.6. The zero-order valence-corrected chi connectivity index (χ0v) is 15.6. The number of primary amides is 1. The molecule has 0 atom stereocenters. The fourth-order valence-electron chi connectivity index (χ4n) is 2.38. The van der Waals surface area contributed by atoms with Crippen molar-refractivity contribution < 1.29 is 33.1 Å². The van der Waals surface area contributed by atoms with Gasteiger partial charge in [0, 0.05) is 18.9 Å². The molecule has 0 saturated heterocycles. The molecule has 0 fully saturated rings. The molecule has 2 aromatic carbocycles. The second-order valence-corrected chi connectivity index (χ2v) is 5.63. The Morgan fingerprint density at radius 1 is 1.14 bits per heavy atom. The molecule has 0 aromatic heterocycles. The first kappa shape index (κ1) is 21.6. The minimum absolute atomic E-state index is 0.0267. The van der Waals surface area contributed by atoms with E-state index in [1.807, 2.05) is 0 Å². The van der Waals surface area contributed by atoms with Gasteiger partial charge in [-0.1, -0.05) is 0 Å². The topological polar surface area (TPSA) is 143 Å². The van der Waals surface area contributed by atoms with Crippen LogP contribution in [0.15, 0.2) is 30.3 Å². The lowest BCUT2D eigenvalue weighted by atomic mass is 10.1. The lowest BCUT2D eigenvalue weighted by Gasteiger charge is -2.13. The zero-order valence-electron chi connectivity index (χ0n) is 15.6. The van der Waals surface area contributed by atoms with Gasteiger partial charge in [0.05, 0.1) is 30.3 Å². The molecule has 0 unspecified atom stereocenters. The smallest absolute Gasteiger partial charge is 0.286 e. The number of nitro groups is 1. The van der Waals surface area contributed by atoms with Crippen LogP contribution >= 0.6 is 0 Å². The van der Waals surface area contributed by atoms with Gasteiger partial charge in [0.15, 0.2) is 11.5 Å². The summed E-state index contributed by atoms with van der Waals surface area (Å²) >= 11 is 0. The Bertz CT molecular complexity index is 949. The van der Waals surface area contributed by atoms with Crippen molar-refractivity contribution in [1.82, 2.24) is 0 Å². The Morgan fingerprint density at radius 3 is 2.45 bits per heavy atom. The molecule has 3 N–H and O–H groups in total. The van der Waals surface area contributed by atoms with Gasteiger partial charge in [-0.2, -0.15) is 0 Å². The highest BCUT2D eigenvalue weighted by Crippen LogP contribution is 2.35. The van der Waals surface area contributed by atoms with Crippen molar-refractivity contribution >= 4 is 23.2 Å². The van der Waals surface area contributed by atoms with Gasteiger partial charge in [0.2, 0.25) is 0 Å². The number of rotatable bonds is 9. The number of halogens is 1. The van der Waals surface area contributed by atoms with Crippen LogP contribution in [0.2, 0.25) is 0 Å². The van der Waals surface area contributed by atoms with E-state index in [1.54, 1.807) is 0 Å². The van der Waals surface area contributed by atoms with E-state index in [4.69, 9.17) is 19.9 Å². The third-order valence-corrected chi connectivity index (χ3v) is 3.76. The van der Waals surface area contributed by atoms with Crippen molar-refractivity contribution in [3.05, 3.63) is 57.4 Å². The molecule has 0 aliphatic carbocycles. The van der Waals surface area contributed by atoms with E-state index >= 15 is 0 Å². The minimum Gasteiger partial charge on any atom is -0.493 e. The van der Waals surface area contributed by atoms with E-state index in [1.165, 1.54) is 20.3 Å². The maximum Gasteiger partial charge on any atom is 0.286 e. The van der Waals surface area contributed by atoms with Crippen LogP contribution in [0.1, 0.15) is 20.7 Å². The van der Waals surface area contributed by atoms with E-state index in [0.717, 1.165) is 24.3 Å². The monoisotopic (exact) mass is 407 g/mol. The number of methoxy groups -OCH3 is 2. The third kappa shape index (κ3) is 5.17. The molecule has 0 heterocycles. The van der Waals surface area contributed by atoms with Gasteiger partial charge in [-0.3, -0.25) is 19.7 Å². The number of nitrogens with one attached hydrogen (secondary N) is 1. The van der Waals surface area contributed by atoms with Gasteiger partial charge in [-0.25, -0.2) is 4.39 Å². The minimum atomic E-state index is -1.02. The second-order valence-electron chi connectivity index (χ2n) is 5.63. The SMILES string of the molecule is COCCOc1cc([N+](=O)[O-])c(C(=O)Nc2ccc(F)c(C(N)=O)c2)cc1OC. The summed E-state index contributed by atoms with van der Waals surface area (Å²) in [5.74, 6) is -2.61. The van der Waals surface area contributed by atoms with Crippen LogP contribution in [-0.4, -0.2) is 44.2 Å². The van der Waals surface area contributed by atoms with Crippen molar-refractivity contribution in [3.63, 3.8) is 0 Å². The number of nitrogens with two attached hydrogens (primary N) is 1. The molecule has 0 radical (unpaired) electrons. The quantitative estimate of drug-likeness (QED) is 0.368. The molecular weight excluding hydrogens is 389 g/mol. The number of nitro benzene ring substituents is 1. The lowest BCUT2D eigenvalue weighted by molar-refractivity contribution is -0.385. The average molecular weight is 407 g/mol. The Labute approximate surface area is 164 Å². The summed E-state index contributed by atoms with van der Waals surface area (Å²) in [4.78, 5) is 34.5. The number of benzene rings is 2.